The zero-order valence-corrected chi connectivity index (χ0v) is 10.8. The summed E-state index contributed by atoms with van der Waals surface area (Å²) in [6, 6.07) is 5.74. The van der Waals surface area contributed by atoms with E-state index in [9.17, 15) is 0 Å². The number of hydrogen-bond donors (Lipinski definition) is 2. The predicted molar refractivity (Wildman–Crippen MR) is 69.9 cm³/mol. The van der Waals surface area contributed by atoms with Crippen molar-refractivity contribution < 1.29 is 0 Å². The number of aryl methyl sites for hydroxylation is 2. The second-order valence-electron chi connectivity index (χ2n) is 3.86. The second kappa shape index (κ2) is 5.07. The number of hydrogen-bond acceptors (Lipinski definition) is 4. The van der Waals surface area contributed by atoms with Gasteiger partial charge in [0.25, 0.3) is 0 Å². The maximum Gasteiger partial charge on any atom is 0.153 e. The van der Waals surface area contributed by atoms with Gasteiger partial charge in [-0.1, -0.05) is 18.5 Å². The first kappa shape index (κ1) is 12.4. The fourth-order valence-electron chi connectivity index (χ4n) is 1.64. The zero-order valence-electron chi connectivity index (χ0n) is 10.1. The van der Waals surface area contributed by atoms with Crippen LogP contribution in [-0.2, 0) is 6.42 Å². The molecule has 0 amide bonds. The highest BCUT2D eigenvalue weighted by Gasteiger charge is 2.10. The van der Waals surface area contributed by atoms with Crippen molar-refractivity contribution in [2.75, 3.05) is 5.32 Å². The number of aromatic nitrogens is 3. The minimum atomic E-state index is 0.214. The summed E-state index contributed by atoms with van der Waals surface area (Å²) < 4.78 is 0. The van der Waals surface area contributed by atoms with E-state index < -0.39 is 0 Å². The smallest absolute Gasteiger partial charge is 0.153 e. The Morgan fingerprint density at radius 2 is 2.22 bits per heavy atom. The van der Waals surface area contributed by atoms with Gasteiger partial charge in [0.1, 0.15) is 17.0 Å². The van der Waals surface area contributed by atoms with E-state index in [1.54, 1.807) is 0 Å². The molecule has 2 aromatic heterocycles. The van der Waals surface area contributed by atoms with E-state index in [0.717, 1.165) is 17.7 Å². The van der Waals surface area contributed by atoms with Gasteiger partial charge in [0.05, 0.1) is 5.56 Å². The van der Waals surface area contributed by atoms with Crippen LogP contribution in [0.3, 0.4) is 0 Å². The number of nitrogens with one attached hydrogen (secondary N) is 2. The van der Waals surface area contributed by atoms with Crippen LogP contribution in [0, 0.1) is 18.3 Å². The Kier molecular flexibility index (Phi) is 3.49. The Morgan fingerprint density at radius 1 is 1.44 bits per heavy atom. The summed E-state index contributed by atoms with van der Waals surface area (Å²) in [6.07, 6.45) is 0.722. The number of nitrogens with zero attached hydrogens (tertiary/aromatic N) is 3. The van der Waals surface area contributed by atoms with Crippen molar-refractivity contribution in [3.05, 3.63) is 34.1 Å². The first-order chi connectivity index (χ1) is 8.63. The molecule has 0 saturated carbocycles. The molecule has 0 aliphatic heterocycles. The number of rotatable bonds is 3. The number of aromatic amines is 1. The van der Waals surface area contributed by atoms with E-state index in [1.807, 2.05) is 26.0 Å². The highest BCUT2D eigenvalue weighted by atomic mass is 35.5. The lowest BCUT2D eigenvalue weighted by molar-refractivity contribution is 1.04. The molecule has 0 aromatic carbocycles. The van der Waals surface area contributed by atoms with Crippen molar-refractivity contribution in [2.24, 2.45) is 0 Å². The van der Waals surface area contributed by atoms with Crippen molar-refractivity contribution in [2.45, 2.75) is 20.3 Å². The summed E-state index contributed by atoms with van der Waals surface area (Å²) in [5.41, 5.74) is 2.25. The summed E-state index contributed by atoms with van der Waals surface area (Å²) in [5.74, 6) is 1.25. The molecular formula is C12H12ClN5. The van der Waals surface area contributed by atoms with Crippen LogP contribution in [0.5, 0.6) is 0 Å². The van der Waals surface area contributed by atoms with Crippen LogP contribution in [-0.4, -0.2) is 15.2 Å². The maximum absolute atomic E-state index is 9.00. The lowest BCUT2D eigenvalue weighted by Gasteiger charge is -2.07. The molecule has 2 rings (SSSR count). The van der Waals surface area contributed by atoms with Crippen molar-refractivity contribution in [1.82, 2.24) is 15.2 Å². The summed E-state index contributed by atoms with van der Waals surface area (Å²) in [4.78, 5) is 4.14. The molecule has 0 unspecified atom stereocenters. The van der Waals surface area contributed by atoms with Crippen molar-refractivity contribution in [1.29, 1.82) is 5.26 Å². The highest BCUT2D eigenvalue weighted by molar-refractivity contribution is 6.30. The fourth-order valence-corrected chi connectivity index (χ4v) is 1.89. The highest BCUT2D eigenvalue weighted by Crippen LogP contribution is 2.23. The fraction of sp³-hybridized carbons (Fsp3) is 0.250. The molecule has 0 aliphatic carbocycles. The quantitative estimate of drug-likeness (QED) is 0.833. The number of pyridine rings is 1. The molecule has 0 saturated heterocycles. The molecule has 2 heterocycles. The molecule has 0 bridgehead atoms. The topological polar surface area (TPSA) is 77.4 Å². The Bertz CT molecular complexity index is 611. The van der Waals surface area contributed by atoms with Crippen LogP contribution in [0.1, 0.15) is 23.7 Å². The van der Waals surface area contributed by atoms with Gasteiger partial charge in [-0.2, -0.15) is 10.4 Å². The molecule has 0 aliphatic rings. The van der Waals surface area contributed by atoms with Gasteiger partial charge in [-0.25, -0.2) is 4.98 Å². The summed E-state index contributed by atoms with van der Waals surface area (Å²) in [5, 5.41) is 19.1. The van der Waals surface area contributed by atoms with E-state index in [2.05, 4.69) is 26.6 Å². The van der Waals surface area contributed by atoms with E-state index in [1.165, 1.54) is 0 Å². The van der Waals surface area contributed by atoms with E-state index in [4.69, 9.17) is 16.9 Å². The zero-order chi connectivity index (χ0) is 13.1. The third kappa shape index (κ3) is 2.44. The van der Waals surface area contributed by atoms with Gasteiger partial charge in [0.2, 0.25) is 0 Å². The average Bonchev–Trinajstić information content (AvgIpc) is 2.74. The molecular weight excluding hydrogens is 250 g/mol. The van der Waals surface area contributed by atoms with Gasteiger partial charge >= 0.3 is 0 Å². The van der Waals surface area contributed by atoms with Gasteiger partial charge < -0.3 is 5.32 Å². The monoisotopic (exact) mass is 261 g/mol. The van der Waals surface area contributed by atoms with Gasteiger partial charge in [-0.15, -0.1) is 0 Å². The molecule has 2 N–H and O–H groups in total. The SMILES string of the molecule is CCc1cc(Nc2cc(C)[nH]n2)nc(Cl)c1C#N. The lowest BCUT2D eigenvalue weighted by Crippen LogP contribution is -1.99. The lowest BCUT2D eigenvalue weighted by atomic mass is 10.1. The number of halogens is 1. The Balaban J connectivity index is 2.35. The Labute approximate surface area is 110 Å². The molecule has 0 spiro atoms. The molecule has 0 atom stereocenters. The first-order valence-corrected chi connectivity index (χ1v) is 5.90. The normalized spacial score (nSPS) is 10.1. The van der Waals surface area contributed by atoms with Gasteiger partial charge in [-0.3, -0.25) is 5.10 Å². The first-order valence-electron chi connectivity index (χ1n) is 5.52. The van der Waals surface area contributed by atoms with E-state index in [0.29, 0.717) is 17.2 Å². The minimum Gasteiger partial charge on any atom is -0.323 e. The molecule has 0 fully saturated rings. The number of H-pyrrole nitrogens is 1. The summed E-state index contributed by atoms with van der Waals surface area (Å²) in [6.45, 7) is 3.88. The van der Waals surface area contributed by atoms with Crippen molar-refractivity contribution in [3.8, 4) is 6.07 Å². The minimum absolute atomic E-state index is 0.214. The molecule has 6 heteroatoms. The molecule has 2 aromatic rings. The third-order valence-electron chi connectivity index (χ3n) is 2.51. The Hall–Kier alpha value is -2.06. The predicted octanol–water partition coefficient (Wildman–Crippen LogP) is 2.94. The van der Waals surface area contributed by atoms with Crippen LogP contribution < -0.4 is 5.32 Å². The second-order valence-corrected chi connectivity index (χ2v) is 4.22. The van der Waals surface area contributed by atoms with Crippen molar-refractivity contribution in [3.63, 3.8) is 0 Å². The Morgan fingerprint density at radius 3 is 2.78 bits per heavy atom. The van der Waals surface area contributed by atoms with Gasteiger partial charge in [-0.05, 0) is 25.0 Å². The molecule has 5 nitrogen and oxygen atoms in total. The van der Waals surface area contributed by atoms with Crippen molar-refractivity contribution >= 4 is 23.2 Å². The molecule has 18 heavy (non-hydrogen) atoms. The number of anilines is 2. The van der Waals surface area contributed by atoms with E-state index in [-0.39, 0.29) is 5.15 Å². The summed E-state index contributed by atoms with van der Waals surface area (Å²) >= 11 is 5.98. The number of nitriles is 1. The molecule has 0 radical (unpaired) electrons. The average molecular weight is 262 g/mol. The van der Waals surface area contributed by atoms with Crippen LogP contribution in [0.25, 0.3) is 0 Å². The van der Waals surface area contributed by atoms with Crippen LogP contribution in [0.15, 0.2) is 12.1 Å². The van der Waals surface area contributed by atoms with Gasteiger partial charge in [0, 0.05) is 11.8 Å². The largest absolute Gasteiger partial charge is 0.323 e. The van der Waals surface area contributed by atoms with E-state index >= 15 is 0 Å². The molecule has 92 valence electrons. The van der Waals surface area contributed by atoms with Crippen LogP contribution in [0.2, 0.25) is 5.15 Å². The summed E-state index contributed by atoms with van der Waals surface area (Å²) in [7, 11) is 0. The maximum atomic E-state index is 9.00. The van der Waals surface area contributed by atoms with Crippen LogP contribution >= 0.6 is 11.6 Å². The third-order valence-corrected chi connectivity index (χ3v) is 2.79. The van der Waals surface area contributed by atoms with Gasteiger partial charge in [0.15, 0.2) is 5.82 Å². The standard InChI is InChI=1S/C12H12ClN5/c1-3-8-5-10(16-12(13)9(8)6-14)15-11-4-7(2)17-18-11/h4-5H,3H2,1-2H3,(H2,15,16,17,18). The van der Waals surface area contributed by atoms with Crippen LogP contribution in [0.4, 0.5) is 11.6 Å².